The molecule has 2 aromatic carbocycles. The molecular formula is C29H44OSi2. The van der Waals surface area contributed by atoms with Gasteiger partial charge < -0.3 is 4.74 Å². The lowest BCUT2D eigenvalue weighted by atomic mass is 9.72. The van der Waals surface area contributed by atoms with E-state index in [0.717, 1.165) is 5.75 Å². The van der Waals surface area contributed by atoms with Crippen LogP contribution in [0.2, 0.25) is 32.7 Å². The van der Waals surface area contributed by atoms with E-state index in [4.69, 9.17) is 4.74 Å². The molecule has 0 spiro atoms. The molecule has 0 radical (unpaired) electrons. The molecule has 0 saturated carbocycles. The smallest absolute Gasteiger partial charge is 0.126 e. The highest BCUT2D eigenvalue weighted by atomic mass is 28.3. The van der Waals surface area contributed by atoms with Gasteiger partial charge in [0.05, 0.1) is 24.0 Å². The van der Waals surface area contributed by atoms with Gasteiger partial charge in [-0.2, -0.15) is 0 Å². The first-order valence-corrected chi connectivity index (χ1v) is 18.6. The molecule has 0 heterocycles. The van der Waals surface area contributed by atoms with Crippen LogP contribution in [0.5, 0.6) is 5.75 Å². The minimum Gasteiger partial charge on any atom is -0.496 e. The second-order valence-electron chi connectivity index (χ2n) is 12.6. The molecule has 0 N–H and O–H groups in total. The summed E-state index contributed by atoms with van der Waals surface area (Å²) in [5, 5.41) is 1.59. The maximum absolute atomic E-state index is 6.30. The Labute approximate surface area is 199 Å². The number of ether oxygens (including phenoxy) is 1. The Kier molecular flexibility index (Phi) is 6.51. The summed E-state index contributed by atoms with van der Waals surface area (Å²) in [7, 11) is -0.741. The summed E-state index contributed by atoms with van der Waals surface area (Å²) in [6, 6.07) is 11.5. The van der Waals surface area contributed by atoms with Crippen LogP contribution >= 0.6 is 0 Å². The van der Waals surface area contributed by atoms with E-state index >= 15 is 0 Å². The van der Waals surface area contributed by atoms with Crippen molar-refractivity contribution >= 4 is 28.1 Å². The molecule has 0 amide bonds. The zero-order chi connectivity index (χ0) is 24.2. The van der Waals surface area contributed by atoms with Gasteiger partial charge in [-0.1, -0.05) is 120 Å². The van der Waals surface area contributed by atoms with Crippen molar-refractivity contribution in [1.82, 2.24) is 0 Å². The first-order valence-electron chi connectivity index (χ1n) is 12.2. The van der Waals surface area contributed by atoms with Gasteiger partial charge in [-0.15, -0.1) is 0 Å². The quantitative estimate of drug-likeness (QED) is 0.421. The fourth-order valence-electron chi connectivity index (χ4n) is 5.89. The fourth-order valence-corrected chi connectivity index (χ4v) is 10.5. The molecular weight excluding hydrogens is 420 g/mol. The average molecular weight is 465 g/mol. The molecule has 1 aliphatic rings. The highest BCUT2D eigenvalue weighted by Crippen LogP contribution is 2.52. The normalized spacial score (nSPS) is 16.9. The number of rotatable bonds is 5. The Morgan fingerprint density at radius 1 is 0.969 bits per heavy atom. The van der Waals surface area contributed by atoms with Gasteiger partial charge in [0.25, 0.3) is 0 Å². The van der Waals surface area contributed by atoms with Gasteiger partial charge in [0.2, 0.25) is 0 Å². The SMILES string of the molecule is COc1c(C(C)(C)C)cc(C)c([SiH](C)C)c1C(C)(C)C1=Cc2ccccc2C1[Si](C)(C)C. The van der Waals surface area contributed by atoms with Crippen LogP contribution in [0.4, 0.5) is 0 Å². The van der Waals surface area contributed by atoms with Crippen LogP contribution in [0.3, 0.4) is 0 Å². The number of benzene rings is 2. The monoisotopic (exact) mass is 464 g/mol. The Bertz CT molecular complexity index is 1050. The standard InChI is InChI=1S/C29H44OSi2/c1-19-17-22(28(2,3)4)25(30-7)24(26(19)31(8)9)29(5,6)23-18-20-15-13-14-16-21(20)27(23)32(10,11)12/h13-18,27,31H,1-12H3. The van der Waals surface area contributed by atoms with Crippen molar-refractivity contribution < 1.29 is 4.74 Å². The summed E-state index contributed by atoms with van der Waals surface area (Å²) >= 11 is 0. The van der Waals surface area contributed by atoms with E-state index in [0.29, 0.717) is 5.54 Å². The van der Waals surface area contributed by atoms with E-state index in [1.54, 1.807) is 10.8 Å². The minimum atomic E-state index is -1.51. The van der Waals surface area contributed by atoms with Crippen LogP contribution in [0, 0.1) is 6.92 Å². The van der Waals surface area contributed by atoms with Crippen molar-refractivity contribution in [2.45, 2.75) is 90.6 Å². The second-order valence-corrected chi connectivity index (χ2v) is 20.8. The average Bonchev–Trinajstić information content (AvgIpc) is 3.07. The number of methoxy groups -OCH3 is 1. The number of hydrogen-bond acceptors (Lipinski definition) is 1. The van der Waals surface area contributed by atoms with Crippen molar-refractivity contribution in [1.29, 1.82) is 0 Å². The number of hydrogen-bond donors (Lipinski definition) is 0. The van der Waals surface area contributed by atoms with Crippen LogP contribution in [0.15, 0.2) is 35.9 Å². The van der Waals surface area contributed by atoms with Crippen molar-refractivity contribution in [2.24, 2.45) is 0 Å². The second kappa shape index (κ2) is 8.32. The largest absolute Gasteiger partial charge is 0.496 e. The summed E-state index contributed by atoms with van der Waals surface area (Å²) in [6.07, 6.45) is 2.52. The van der Waals surface area contributed by atoms with Crippen molar-refractivity contribution in [3.63, 3.8) is 0 Å². The van der Waals surface area contributed by atoms with Crippen LogP contribution in [0.25, 0.3) is 6.08 Å². The van der Waals surface area contributed by atoms with E-state index in [1.807, 2.05) is 7.11 Å². The molecule has 1 unspecified atom stereocenters. The summed E-state index contributed by atoms with van der Waals surface area (Å²) in [5.74, 6) is 1.12. The van der Waals surface area contributed by atoms with Crippen LogP contribution in [-0.2, 0) is 10.8 Å². The molecule has 2 aromatic rings. The molecule has 0 bridgehead atoms. The van der Waals surface area contributed by atoms with Crippen molar-refractivity contribution in [2.75, 3.05) is 7.11 Å². The molecule has 0 aromatic heterocycles. The molecule has 1 aliphatic carbocycles. The predicted molar refractivity (Wildman–Crippen MR) is 148 cm³/mol. The van der Waals surface area contributed by atoms with Gasteiger partial charge in [0, 0.05) is 22.1 Å². The molecule has 3 heteroatoms. The minimum absolute atomic E-state index is 0.0309. The van der Waals surface area contributed by atoms with E-state index in [1.165, 1.54) is 27.8 Å². The number of aryl methyl sites for hydroxylation is 1. The summed E-state index contributed by atoms with van der Waals surface area (Å²) < 4.78 is 6.30. The predicted octanol–water partition coefficient (Wildman–Crippen LogP) is 7.33. The van der Waals surface area contributed by atoms with E-state index in [-0.39, 0.29) is 10.8 Å². The van der Waals surface area contributed by atoms with Gasteiger partial charge in [0.15, 0.2) is 0 Å². The summed E-state index contributed by atoms with van der Waals surface area (Å²) in [6.45, 7) is 26.7. The maximum Gasteiger partial charge on any atom is 0.126 e. The maximum atomic E-state index is 6.30. The van der Waals surface area contributed by atoms with Gasteiger partial charge in [-0.05, 0) is 23.5 Å². The van der Waals surface area contributed by atoms with Gasteiger partial charge in [0.1, 0.15) is 5.75 Å². The van der Waals surface area contributed by atoms with Crippen molar-refractivity contribution in [3.8, 4) is 5.75 Å². The highest BCUT2D eigenvalue weighted by molar-refractivity contribution is 6.78. The molecule has 0 aliphatic heterocycles. The Morgan fingerprint density at radius 3 is 2.06 bits per heavy atom. The third kappa shape index (κ3) is 4.19. The van der Waals surface area contributed by atoms with Crippen molar-refractivity contribution in [3.05, 3.63) is 63.7 Å². The first kappa shape index (κ1) is 25.0. The molecule has 32 heavy (non-hydrogen) atoms. The molecule has 3 rings (SSSR count). The first-order chi connectivity index (χ1) is 14.6. The summed E-state index contributed by atoms with van der Waals surface area (Å²) in [5.41, 5.74) is 9.21. The van der Waals surface area contributed by atoms with E-state index in [2.05, 4.69) is 111 Å². The lowest BCUT2D eigenvalue weighted by Crippen LogP contribution is -2.42. The Morgan fingerprint density at radius 2 is 1.56 bits per heavy atom. The van der Waals surface area contributed by atoms with Crippen LogP contribution in [0.1, 0.15) is 68.0 Å². The highest BCUT2D eigenvalue weighted by Gasteiger charge is 2.45. The zero-order valence-electron chi connectivity index (χ0n) is 22.5. The lowest BCUT2D eigenvalue weighted by Gasteiger charge is -2.41. The number of fused-ring (bicyclic) bond motifs is 1. The number of allylic oxidation sites excluding steroid dienone is 1. The fraction of sp³-hybridized carbons (Fsp3) is 0.517. The third-order valence-electron chi connectivity index (χ3n) is 7.26. The molecule has 0 saturated heterocycles. The molecule has 174 valence electrons. The van der Waals surface area contributed by atoms with Crippen LogP contribution in [-0.4, -0.2) is 24.0 Å². The van der Waals surface area contributed by atoms with E-state index in [9.17, 15) is 0 Å². The van der Waals surface area contributed by atoms with E-state index < -0.39 is 16.9 Å². The van der Waals surface area contributed by atoms with Crippen LogP contribution < -0.4 is 9.92 Å². The molecule has 0 fully saturated rings. The summed E-state index contributed by atoms with van der Waals surface area (Å²) in [4.78, 5) is 0. The van der Waals surface area contributed by atoms with Gasteiger partial charge >= 0.3 is 0 Å². The Hall–Kier alpha value is -1.59. The zero-order valence-corrected chi connectivity index (χ0v) is 24.7. The Balaban J connectivity index is 2.39. The third-order valence-corrected chi connectivity index (χ3v) is 11.5. The topological polar surface area (TPSA) is 9.23 Å². The molecule has 1 nitrogen and oxygen atoms in total. The molecule has 1 atom stereocenters. The van der Waals surface area contributed by atoms with Gasteiger partial charge in [-0.25, -0.2) is 0 Å². The lowest BCUT2D eigenvalue weighted by molar-refractivity contribution is 0.384. The van der Waals surface area contributed by atoms with Gasteiger partial charge in [-0.3, -0.25) is 0 Å².